The molecule has 3 saturated heterocycles. The lowest BCUT2D eigenvalue weighted by Gasteiger charge is -2.42. The maximum atomic E-state index is 16.2. The van der Waals surface area contributed by atoms with Gasteiger partial charge < -0.3 is 9.80 Å². The number of rotatable bonds is 8. The molecule has 5 aliphatic heterocycles. The van der Waals surface area contributed by atoms with Crippen molar-refractivity contribution >= 4 is 45.9 Å². The highest BCUT2D eigenvalue weighted by molar-refractivity contribution is 6.23. The maximum absolute atomic E-state index is 16.2. The number of hydrogen-bond donors (Lipinski definition) is 1. The van der Waals surface area contributed by atoms with Gasteiger partial charge in [0.05, 0.1) is 29.9 Å². The Morgan fingerprint density at radius 3 is 2.22 bits per heavy atom. The highest BCUT2D eigenvalue weighted by atomic mass is 19.3. The smallest absolute Gasteiger partial charge is 0.262 e. The van der Waals surface area contributed by atoms with E-state index in [0.29, 0.717) is 60.7 Å². The summed E-state index contributed by atoms with van der Waals surface area (Å²) in [5, 5.41) is 6.40. The van der Waals surface area contributed by atoms with Crippen LogP contribution in [0.25, 0.3) is 10.9 Å². The van der Waals surface area contributed by atoms with Crippen LogP contribution in [0.4, 0.5) is 33.4 Å². The minimum Gasteiger partial charge on any atom is -0.371 e. The van der Waals surface area contributed by atoms with Crippen molar-refractivity contribution in [2.45, 2.75) is 63.6 Å². The van der Waals surface area contributed by atoms with Crippen molar-refractivity contribution in [3.05, 3.63) is 88.1 Å². The Hall–Kier alpha value is -5.42. The van der Waals surface area contributed by atoms with E-state index in [-0.39, 0.29) is 40.0 Å². The minimum atomic E-state index is -2.74. The molecule has 0 radical (unpaired) electrons. The monoisotopic (exact) mass is 818 g/mol. The number of nitrogens with one attached hydrogen (secondary N) is 1. The van der Waals surface area contributed by atoms with Gasteiger partial charge in [-0.05, 0) is 86.1 Å². The Balaban J connectivity index is 0.826. The van der Waals surface area contributed by atoms with E-state index in [1.54, 1.807) is 25.1 Å². The summed E-state index contributed by atoms with van der Waals surface area (Å²) in [6.07, 6.45) is 0.681. The third-order valence-electron chi connectivity index (χ3n) is 12.9. The first kappa shape index (κ1) is 39.1. The third-order valence-corrected chi connectivity index (χ3v) is 12.9. The fraction of sp³-hybridized carbons (Fsp3) is 0.452. The van der Waals surface area contributed by atoms with Gasteiger partial charge in [0, 0.05) is 80.6 Å². The second-order valence-electron chi connectivity index (χ2n) is 16.3. The Morgan fingerprint density at radius 2 is 1.53 bits per heavy atom. The topological polar surface area (TPSA) is 114 Å². The molecule has 3 atom stereocenters. The summed E-state index contributed by atoms with van der Waals surface area (Å²) in [6.45, 7) is 6.03. The molecule has 3 aromatic carbocycles. The lowest BCUT2D eigenvalue weighted by molar-refractivity contribution is -0.136. The summed E-state index contributed by atoms with van der Waals surface area (Å²) >= 11 is 0. The largest absolute Gasteiger partial charge is 0.371 e. The molecule has 1 unspecified atom stereocenters. The van der Waals surface area contributed by atoms with Crippen molar-refractivity contribution in [3.8, 4) is 0 Å². The highest BCUT2D eigenvalue weighted by Gasteiger charge is 2.45. The number of fused-ring (bicyclic) bond motifs is 4. The molecular weight excluding hydrogens is 776 g/mol. The molecule has 9 rings (SSSR count). The molecule has 6 heterocycles. The normalized spacial score (nSPS) is 23.4. The van der Waals surface area contributed by atoms with Gasteiger partial charge >= 0.3 is 0 Å². The predicted octanol–water partition coefficient (Wildman–Crippen LogP) is 5.09. The Bertz CT molecular complexity index is 2330. The molecule has 59 heavy (non-hydrogen) atoms. The number of anilines is 2. The zero-order valence-electron chi connectivity index (χ0n) is 32.4. The van der Waals surface area contributed by atoms with E-state index in [1.807, 2.05) is 11.0 Å². The van der Waals surface area contributed by atoms with Gasteiger partial charge in [-0.3, -0.25) is 39.2 Å². The lowest BCUT2D eigenvalue weighted by Crippen LogP contribution is -2.54. The quantitative estimate of drug-likeness (QED) is 0.192. The molecule has 1 N–H and O–H groups in total. The Kier molecular flexibility index (Phi) is 10.1. The first-order chi connectivity index (χ1) is 28.4. The van der Waals surface area contributed by atoms with Crippen LogP contribution in [0.3, 0.4) is 0 Å². The average Bonchev–Trinajstić information content (AvgIpc) is 3.71. The molecule has 17 heteroatoms. The van der Waals surface area contributed by atoms with E-state index in [2.05, 4.69) is 20.2 Å². The molecule has 0 spiro atoms. The van der Waals surface area contributed by atoms with Crippen molar-refractivity contribution in [2.24, 2.45) is 5.92 Å². The number of hydrogen-bond acceptors (Lipinski definition) is 9. The summed E-state index contributed by atoms with van der Waals surface area (Å²) in [4.78, 5) is 59.7. The number of amides is 4. The maximum Gasteiger partial charge on any atom is 0.262 e. The number of carbonyl (C=O) groups excluding carboxylic acids is 4. The minimum absolute atomic E-state index is 0.0549. The number of benzene rings is 3. The van der Waals surface area contributed by atoms with Crippen LogP contribution in [0.15, 0.2) is 48.7 Å². The van der Waals surface area contributed by atoms with Crippen LogP contribution in [-0.2, 0) is 16.0 Å². The molecule has 5 aliphatic rings. The SMILES string of the molecule is C[C@@H]1Cc2c(ccc3c2cnn3F)[C@@H](c2c(F)cc(N3CCC(CN4CCN(c5ccc6c(c5)C(=O)N(C5CCC(=O)NC5=O)C6=O)CC4)CC3)cc2F)N1CC(F)F. The molecular formula is C42H43F5N8O4. The van der Waals surface area contributed by atoms with Crippen LogP contribution < -0.4 is 15.1 Å². The number of halogens is 5. The molecule has 4 amide bonds. The van der Waals surface area contributed by atoms with Crippen LogP contribution in [-0.4, -0.2) is 119 Å². The summed E-state index contributed by atoms with van der Waals surface area (Å²) < 4.78 is 74.5. The second-order valence-corrected chi connectivity index (χ2v) is 16.3. The third kappa shape index (κ3) is 7.00. The molecule has 1 aromatic heterocycles. The first-order valence-electron chi connectivity index (χ1n) is 20.1. The van der Waals surface area contributed by atoms with Crippen molar-refractivity contribution in [2.75, 3.05) is 62.2 Å². The summed E-state index contributed by atoms with van der Waals surface area (Å²) in [5.41, 5.74) is 2.68. The lowest BCUT2D eigenvalue weighted by atomic mass is 9.83. The summed E-state index contributed by atoms with van der Waals surface area (Å²) in [6, 6.07) is 8.09. The van der Waals surface area contributed by atoms with Crippen LogP contribution >= 0.6 is 0 Å². The van der Waals surface area contributed by atoms with Crippen molar-refractivity contribution in [1.29, 1.82) is 0 Å². The Morgan fingerprint density at radius 1 is 0.831 bits per heavy atom. The fourth-order valence-electron chi connectivity index (χ4n) is 9.84. The summed E-state index contributed by atoms with van der Waals surface area (Å²) in [7, 11) is 0. The first-order valence-corrected chi connectivity index (χ1v) is 20.1. The van der Waals surface area contributed by atoms with Crippen molar-refractivity contribution < 1.29 is 41.2 Å². The standard InChI is InChI=1S/C42H43F5N8O4/c1-23-16-29-27(4-5-34-31(29)20-48-55(34)47)39(53(23)22-36(45)46)38-32(43)18-26(19-33(38)44)51-10-8-24(9-11-51)21-50-12-14-52(15-13-50)25-2-3-28-30(17-25)42(59)54(41(28)58)35-6-7-37(56)49-40(35)57/h2-5,17-20,23-24,35-36,39H,6-16,21-22H2,1H3,(H,49,56,57)/t23-,35?,39+/m1/s1. The molecule has 0 saturated carbocycles. The van der Waals surface area contributed by atoms with E-state index in [1.165, 1.54) is 29.3 Å². The summed E-state index contributed by atoms with van der Waals surface area (Å²) in [5.74, 6) is -3.43. The molecule has 0 aliphatic carbocycles. The zero-order valence-corrected chi connectivity index (χ0v) is 32.4. The molecule has 3 fully saturated rings. The van der Waals surface area contributed by atoms with Gasteiger partial charge in [-0.15, -0.1) is 5.10 Å². The average molecular weight is 819 g/mol. The van der Waals surface area contributed by atoms with Crippen molar-refractivity contribution in [3.63, 3.8) is 0 Å². The highest BCUT2D eigenvalue weighted by Crippen LogP contribution is 2.44. The van der Waals surface area contributed by atoms with Gasteiger partial charge in [-0.1, -0.05) is 15.5 Å². The van der Waals surface area contributed by atoms with Gasteiger partial charge in [0.25, 0.3) is 18.2 Å². The van der Waals surface area contributed by atoms with Gasteiger partial charge in [-0.2, -0.15) is 0 Å². The van der Waals surface area contributed by atoms with Crippen LogP contribution in [0.5, 0.6) is 0 Å². The zero-order chi connectivity index (χ0) is 41.3. The van der Waals surface area contributed by atoms with Crippen LogP contribution in [0, 0.1) is 17.6 Å². The van der Waals surface area contributed by atoms with E-state index in [9.17, 15) is 32.4 Å². The number of carbonyl (C=O) groups is 4. The van der Waals surface area contributed by atoms with Gasteiger partial charge in [-0.25, -0.2) is 17.6 Å². The van der Waals surface area contributed by atoms with Gasteiger partial charge in [0.2, 0.25) is 11.8 Å². The van der Waals surface area contributed by atoms with E-state index in [0.717, 1.165) is 43.1 Å². The number of alkyl halides is 2. The molecule has 4 aromatic rings. The number of imide groups is 2. The van der Waals surface area contributed by atoms with E-state index < -0.39 is 66.4 Å². The predicted molar refractivity (Wildman–Crippen MR) is 207 cm³/mol. The molecule has 12 nitrogen and oxygen atoms in total. The fourth-order valence-corrected chi connectivity index (χ4v) is 9.84. The number of nitrogens with zero attached hydrogens (tertiary/aromatic N) is 7. The van der Waals surface area contributed by atoms with E-state index in [4.69, 9.17) is 0 Å². The van der Waals surface area contributed by atoms with E-state index >= 15 is 8.78 Å². The molecule has 0 bridgehead atoms. The van der Waals surface area contributed by atoms with Gasteiger partial charge in [0.15, 0.2) is 0 Å². The number of piperidine rings is 2. The second kappa shape index (κ2) is 15.3. The van der Waals surface area contributed by atoms with Crippen LogP contribution in [0.2, 0.25) is 0 Å². The van der Waals surface area contributed by atoms with Crippen molar-refractivity contribution in [1.82, 2.24) is 30.0 Å². The Labute approximate surface area is 336 Å². The molecule has 310 valence electrons. The number of aromatic nitrogens is 2. The van der Waals surface area contributed by atoms with Crippen LogP contribution in [0.1, 0.15) is 76.1 Å². The van der Waals surface area contributed by atoms with Gasteiger partial charge in [0.1, 0.15) is 23.2 Å². The number of piperazine rings is 1.